The molecule has 3 nitrogen and oxygen atoms in total. The summed E-state index contributed by atoms with van der Waals surface area (Å²) in [6, 6.07) is 24.0. The largest absolute Gasteiger partial charge is 0.269 e. The summed E-state index contributed by atoms with van der Waals surface area (Å²) in [4.78, 5) is 28.8. The topological polar surface area (TPSA) is 37.4 Å². The van der Waals surface area contributed by atoms with Crippen LogP contribution >= 0.6 is 11.8 Å². The lowest BCUT2D eigenvalue weighted by molar-refractivity contribution is -0.137. The molecule has 0 atom stereocenters. The highest BCUT2D eigenvalue weighted by Crippen LogP contribution is 2.39. The van der Waals surface area contributed by atoms with E-state index in [0.29, 0.717) is 16.2 Å². The number of aryl methyl sites for hydroxylation is 3. The van der Waals surface area contributed by atoms with Crippen LogP contribution in [0.1, 0.15) is 33.4 Å². The number of thioether (sulfide) groups is 1. The van der Waals surface area contributed by atoms with Crippen molar-refractivity contribution in [3.8, 4) is 0 Å². The van der Waals surface area contributed by atoms with Crippen molar-refractivity contribution in [2.75, 3.05) is 0 Å². The number of carbonyl (C=O) groups is 2. The molecule has 0 fully saturated rings. The van der Waals surface area contributed by atoms with E-state index in [9.17, 15) is 9.59 Å². The second-order valence-electron chi connectivity index (χ2n) is 7.98. The van der Waals surface area contributed by atoms with Gasteiger partial charge in [0.2, 0.25) is 0 Å². The molecule has 156 valence electrons. The van der Waals surface area contributed by atoms with E-state index in [1.807, 2.05) is 87.5 Å². The maximum atomic E-state index is 13.5. The molecule has 1 heterocycles. The fourth-order valence-corrected chi connectivity index (χ4v) is 4.85. The number of benzene rings is 3. The number of amides is 2. The molecular formula is C27H25NO2S. The molecule has 3 aromatic carbocycles. The van der Waals surface area contributed by atoms with Gasteiger partial charge in [-0.2, -0.15) is 0 Å². The van der Waals surface area contributed by atoms with Crippen LogP contribution in [0.5, 0.6) is 0 Å². The van der Waals surface area contributed by atoms with Gasteiger partial charge in [0.25, 0.3) is 11.8 Å². The molecule has 2 amide bonds. The zero-order valence-corrected chi connectivity index (χ0v) is 18.8. The van der Waals surface area contributed by atoms with E-state index < -0.39 is 0 Å². The van der Waals surface area contributed by atoms with Gasteiger partial charge in [0, 0.05) is 5.75 Å². The predicted octanol–water partition coefficient (Wildman–Crippen LogP) is 5.83. The van der Waals surface area contributed by atoms with Gasteiger partial charge in [-0.05, 0) is 43.0 Å². The van der Waals surface area contributed by atoms with Crippen molar-refractivity contribution < 1.29 is 9.59 Å². The summed E-state index contributed by atoms with van der Waals surface area (Å²) in [5.74, 6) is 0.219. The van der Waals surface area contributed by atoms with E-state index in [1.54, 1.807) is 0 Å². The van der Waals surface area contributed by atoms with Crippen LogP contribution < -0.4 is 0 Å². The first-order valence-corrected chi connectivity index (χ1v) is 11.3. The van der Waals surface area contributed by atoms with Crippen molar-refractivity contribution >= 4 is 29.1 Å². The second-order valence-corrected chi connectivity index (χ2v) is 8.96. The van der Waals surface area contributed by atoms with Crippen molar-refractivity contribution in [1.82, 2.24) is 4.90 Å². The summed E-state index contributed by atoms with van der Waals surface area (Å²) < 4.78 is 0. The third kappa shape index (κ3) is 4.49. The lowest BCUT2D eigenvalue weighted by atomic mass is 9.99. The van der Waals surface area contributed by atoms with Gasteiger partial charge in [0.15, 0.2) is 0 Å². The third-order valence-electron chi connectivity index (χ3n) is 5.46. The first-order valence-electron chi connectivity index (χ1n) is 10.3. The lowest BCUT2D eigenvalue weighted by Crippen LogP contribution is -2.31. The highest BCUT2D eigenvalue weighted by atomic mass is 32.2. The zero-order chi connectivity index (χ0) is 22.0. The molecule has 0 aliphatic carbocycles. The standard InChI is InChI=1S/C27H25NO2S/c1-18-9-12-21(13-10-18)16-28-26(29)24(23-14-11-19(2)15-20(23)3)25(27(28)30)31-17-22-7-5-4-6-8-22/h4-15H,16-17H2,1-3H3. The molecule has 0 N–H and O–H groups in total. The van der Waals surface area contributed by atoms with Crippen molar-refractivity contribution in [1.29, 1.82) is 0 Å². The predicted molar refractivity (Wildman–Crippen MR) is 127 cm³/mol. The summed E-state index contributed by atoms with van der Waals surface area (Å²) in [7, 11) is 0. The number of imide groups is 1. The summed E-state index contributed by atoms with van der Waals surface area (Å²) in [6.07, 6.45) is 0. The van der Waals surface area contributed by atoms with Crippen LogP contribution in [0.2, 0.25) is 0 Å². The molecule has 0 bridgehead atoms. The lowest BCUT2D eigenvalue weighted by Gasteiger charge is -2.16. The summed E-state index contributed by atoms with van der Waals surface area (Å²) >= 11 is 1.45. The van der Waals surface area contributed by atoms with Crippen LogP contribution in [0.3, 0.4) is 0 Å². The Hall–Kier alpha value is -3.11. The first-order chi connectivity index (χ1) is 14.9. The van der Waals surface area contributed by atoms with Crippen molar-refractivity contribution in [3.63, 3.8) is 0 Å². The average molecular weight is 428 g/mol. The number of hydrogen-bond donors (Lipinski definition) is 0. The Morgan fingerprint density at radius 3 is 2.10 bits per heavy atom. The minimum atomic E-state index is -0.215. The van der Waals surface area contributed by atoms with Gasteiger partial charge in [-0.3, -0.25) is 14.5 Å². The van der Waals surface area contributed by atoms with Crippen LogP contribution in [0, 0.1) is 20.8 Å². The van der Waals surface area contributed by atoms with Crippen LogP contribution in [-0.4, -0.2) is 16.7 Å². The number of carbonyl (C=O) groups excluding carboxylic acids is 2. The van der Waals surface area contributed by atoms with E-state index in [2.05, 4.69) is 6.07 Å². The van der Waals surface area contributed by atoms with E-state index in [4.69, 9.17) is 0 Å². The van der Waals surface area contributed by atoms with Gasteiger partial charge in [-0.15, -0.1) is 11.8 Å². The van der Waals surface area contributed by atoms with Gasteiger partial charge in [0.1, 0.15) is 0 Å². The van der Waals surface area contributed by atoms with Crippen molar-refractivity contribution in [2.24, 2.45) is 0 Å². The van der Waals surface area contributed by atoms with Gasteiger partial charge < -0.3 is 0 Å². The van der Waals surface area contributed by atoms with Crippen LogP contribution in [0.25, 0.3) is 5.57 Å². The maximum absolute atomic E-state index is 13.5. The minimum Gasteiger partial charge on any atom is -0.269 e. The average Bonchev–Trinajstić information content (AvgIpc) is 2.99. The molecule has 1 aliphatic heterocycles. The van der Waals surface area contributed by atoms with Crippen molar-refractivity contribution in [3.05, 3.63) is 111 Å². The fourth-order valence-electron chi connectivity index (χ4n) is 3.77. The number of nitrogens with zero attached hydrogens (tertiary/aromatic N) is 1. The quantitative estimate of drug-likeness (QED) is 0.465. The summed E-state index contributed by atoms with van der Waals surface area (Å²) in [5, 5.41) is 0. The Balaban J connectivity index is 1.70. The Kier molecular flexibility index (Phi) is 6.10. The van der Waals surface area contributed by atoms with Gasteiger partial charge in [-0.25, -0.2) is 0 Å². The van der Waals surface area contributed by atoms with Gasteiger partial charge >= 0.3 is 0 Å². The maximum Gasteiger partial charge on any atom is 0.268 e. The van der Waals surface area contributed by atoms with E-state index >= 15 is 0 Å². The number of hydrogen-bond acceptors (Lipinski definition) is 3. The molecule has 0 saturated heterocycles. The van der Waals surface area contributed by atoms with Crippen LogP contribution in [0.15, 0.2) is 77.7 Å². The van der Waals surface area contributed by atoms with Crippen LogP contribution in [0.4, 0.5) is 0 Å². The minimum absolute atomic E-state index is 0.207. The molecule has 0 aromatic heterocycles. The molecule has 1 aliphatic rings. The van der Waals surface area contributed by atoms with Gasteiger partial charge in [0.05, 0.1) is 17.0 Å². The highest BCUT2D eigenvalue weighted by Gasteiger charge is 2.39. The molecule has 0 spiro atoms. The van der Waals surface area contributed by atoms with Gasteiger partial charge in [-0.1, -0.05) is 83.9 Å². The molecule has 0 radical (unpaired) electrons. The Bertz CT molecular complexity index is 1160. The SMILES string of the molecule is Cc1ccc(CN2C(=O)C(SCc3ccccc3)=C(c3ccc(C)cc3C)C2=O)cc1. The normalized spacial score (nSPS) is 14.0. The molecular weight excluding hydrogens is 402 g/mol. The highest BCUT2D eigenvalue weighted by molar-refractivity contribution is 8.03. The summed E-state index contributed by atoms with van der Waals surface area (Å²) in [6.45, 7) is 6.33. The fraction of sp³-hybridized carbons (Fsp3) is 0.185. The molecule has 0 unspecified atom stereocenters. The third-order valence-corrected chi connectivity index (χ3v) is 6.61. The molecule has 3 aromatic rings. The molecule has 4 heteroatoms. The monoisotopic (exact) mass is 427 g/mol. The first kappa shape index (κ1) is 21.1. The molecule has 4 rings (SSSR count). The number of rotatable bonds is 6. The second kappa shape index (κ2) is 8.94. The Morgan fingerprint density at radius 1 is 0.742 bits per heavy atom. The zero-order valence-electron chi connectivity index (χ0n) is 18.0. The summed E-state index contributed by atoms with van der Waals surface area (Å²) in [5.41, 5.74) is 6.72. The van der Waals surface area contributed by atoms with Crippen LogP contribution in [-0.2, 0) is 21.9 Å². The van der Waals surface area contributed by atoms with Crippen molar-refractivity contribution in [2.45, 2.75) is 33.1 Å². The Labute approximate surface area is 187 Å². The molecule has 31 heavy (non-hydrogen) atoms. The van der Waals surface area contributed by atoms with E-state index in [1.165, 1.54) is 16.7 Å². The molecule has 0 saturated carbocycles. The van der Waals surface area contributed by atoms with E-state index in [-0.39, 0.29) is 18.4 Å². The Morgan fingerprint density at radius 2 is 1.42 bits per heavy atom. The van der Waals surface area contributed by atoms with E-state index in [0.717, 1.165) is 33.4 Å². The smallest absolute Gasteiger partial charge is 0.268 e.